The molecule has 1 aliphatic rings. The second-order valence-electron chi connectivity index (χ2n) is 6.49. The minimum absolute atomic E-state index is 0.180. The number of nitrogens with zero attached hydrogens (tertiary/aromatic N) is 3. The third kappa shape index (κ3) is 3.75. The van der Waals surface area contributed by atoms with Crippen LogP contribution in [-0.2, 0) is 16.1 Å². The predicted octanol–water partition coefficient (Wildman–Crippen LogP) is 3.39. The molecule has 0 atom stereocenters. The molecule has 8 heteroatoms. The van der Waals surface area contributed by atoms with Crippen molar-refractivity contribution in [2.75, 3.05) is 5.32 Å². The highest BCUT2D eigenvalue weighted by molar-refractivity contribution is 6.43. The Morgan fingerprint density at radius 3 is 2.79 bits per heavy atom. The van der Waals surface area contributed by atoms with Crippen LogP contribution < -0.4 is 5.32 Å². The zero-order valence-corrected chi connectivity index (χ0v) is 15.1. The van der Waals surface area contributed by atoms with Crippen molar-refractivity contribution in [3.8, 4) is 0 Å². The Morgan fingerprint density at radius 1 is 1.21 bits per heavy atom. The summed E-state index contributed by atoms with van der Waals surface area (Å²) in [6.45, 7) is 1.93. The summed E-state index contributed by atoms with van der Waals surface area (Å²) in [5, 5.41) is 8.23. The molecule has 1 aliphatic heterocycles. The van der Waals surface area contributed by atoms with Crippen LogP contribution in [0.4, 0.5) is 10.1 Å². The summed E-state index contributed by atoms with van der Waals surface area (Å²) >= 11 is 0. The van der Waals surface area contributed by atoms with Gasteiger partial charge in [0.05, 0.1) is 6.54 Å². The van der Waals surface area contributed by atoms with Crippen LogP contribution in [0.15, 0.2) is 52.0 Å². The number of rotatable bonds is 4. The maximum absolute atomic E-state index is 13.0. The normalized spacial score (nSPS) is 14.3. The fourth-order valence-electron chi connectivity index (χ4n) is 2.97. The number of carbonyl (C=O) groups excluding carboxylic acids is 2. The van der Waals surface area contributed by atoms with Gasteiger partial charge in [0.25, 0.3) is 5.91 Å². The van der Waals surface area contributed by atoms with Gasteiger partial charge in [0.15, 0.2) is 11.5 Å². The molecule has 0 bridgehead atoms. The van der Waals surface area contributed by atoms with Crippen LogP contribution in [0.3, 0.4) is 0 Å². The third-order valence-electron chi connectivity index (χ3n) is 4.37. The Hall–Kier alpha value is -3.55. The molecular formula is C20H17FN4O3. The van der Waals surface area contributed by atoms with Crippen LogP contribution >= 0.6 is 0 Å². The Balaban J connectivity index is 1.50. The molecule has 4 rings (SSSR count). The molecule has 2 aromatic carbocycles. The van der Waals surface area contributed by atoms with Crippen molar-refractivity contribution in [1.29, 1.82) is 0 Å². The lowest BCUT2D eigenvalue weighted by Crippen LogP contribution is -2.36. The lowest BCUT2D eigenvalue weighted by Gasteiger charge is -2.23. The van der Waals surface area contributed by atoms with Gasteiger partial charge in [0.1, 0.15) is 17.0 Å². The Bertz CT molecular complexity index is 1090. The van der Waals surface area contributed by atoms with Crippen molar-refractivity contribution in [1.82, 2.24) is 9.99 Å². The Morgan fingerprint density at radius 2 is 2.00 bits per heavy atom. The number of hydrazone groups is 1. The van der Waals surface area contributed by atoms with Crippen molar-refractivity contribution < 1.29 is 18.4 Å². The summed E-state index contributed by atoms with van der Waals surface area (Å²) in [5.74, 6) is -0.363. The van der Waals surface area contributed by atoms with E-state index >= 15 is 0 Å². The number of carbonyl (C=O) groups is 2. The number of amides is 2. The van der Waals surface area contributed by atoms with Crippen LogP contribution in [0.1, 0.15) is 24.3 Å². The van der Waals surface area contributed by atoms with Gasteiger partial charge in [-0.2, -0.15) is 5.10 Å². The molecule has 0 saturated heterocycles. The summed E-state index contributed by atoms with van der Waals surface area (Å²) in [4.78, 5) is 29.0. The highest BCUT2D eigenvalue weighted by atomic mass is 19.1. The fraction of sp³-hybridized carbons (Fsp3) is 0.200. The molecule has 3 aromatic rings. The van der Waals surface area contributed by atoms with E-state index in [4.69, 9.17) is 4.42 Å². The number of halogens is 1. The van der Waals surface area contributed by atoms with Gasteiger partial charge in [-0.1, -0.05) is 12.1 Å². The number of hydrogen-bond acceptors (Lipinski definition) is 5. The van der Waals surface area contributed by atoms with Gasteiger partial charge in [-0.15, -0.1) is 0 Å². The second-order valence-corrected chi connectivity index (χ2v) is 6.49. The van der Waals surface area contributed by atoms with E-state index < -0.39 is 0 Å². The first kappa shape index (κ1) is 17.8. The summed E-state index contributed by atoms with van der Waals surface area (Å²) < 4.78 is 18.5. The van der Waals surface area contributed by atoms with Crippen molar-refractivity contribution in [2.24, 2.45) is 5.10 Å². The predicted molar refractivity (Wildman–Crippen MR) is 101 cm³/mol. The van der Waals surface area contributed by atoms with E-state index in [0.29, 0.717) is 22.7 Å². The number of fused-ring (bicyclic) bond motifs is 1. The van der Waals surface area contributed by atoms with E-state index in [9.17, 15) is 14.0 Å². The van der Waals surface area contributed by atoms with Crippen molar-refractivity contribution in [2.45, 2.75) is 26.3 Å². The number of nitrogens with one attached hydrogen (secondary N) is 1. The topological polar surface area (TPSA) is 87.8 Å². The van der Waals surface area contributed by atoms with Gasteiger partial charge >= 0.3 is 0 Å². The van der Waals surface area contributed by atoms with Crippen LogP contribution in [0.2, 0.25) is 0 Å². The minimum Gasteiger partial charge on any atom is -0.441 e. The molecule has 0 aliphatic carbocycles. The van der Waals surface area contributed by atoms with E-state index in [2.05, 4.69) is 15.4 Å². The zero-order chi connectivity index (χ0) is 19.7. The standard InChI is InChI=1S/C20H17FN4O3/c1-12-22-17-10-15(6-8-18(17)28-12)23-20(27)16-7-9-19(26)25(24-16)11-13-2-4-14(21)5-3-13/h2-6,8,10H,7,9,11H2,1H3,(H,23,27). The quantitative estimate of drug-likeness (QED) is 0.751. The summed E-state index contributed by atoms with van der Waals surface area (Å²) in [6, 6.07) is 11.0. The second kappa shape index (κ2) is 7.22. The largest absolute Gasteiger partial charge is 0.441 e. The highest BCUT2D eigenvalue weighted by Gasteiger charge is 2.24. The number of aromatic nitrogens is 1. The maximum atomic E-state index is 13.0. The number of aryl methyl sites for hydroxylation is 1. The van der Waals surface area contributed by atoms with Crippen LogP contribution in [0, 0.1) is 12.7 Å². The monoisotopic (exact) mass is 380 g/mol. The Labute approximate surface area is 159 Å². The van der Waals surface area contributed by atoms with Crippen molar-refractivity contribution in [3.63, 3.8) is 0 Å². The molecule has 0 saturated carbocycles. The average molecular weight is 380 g/mol. The molecule has 1 aromatic heterocycles. The number of anilines is 1. The van der Waals surface area contributed by atoms with Crippen molar-refractivity contribution in [3.05, 3.63) is 59.7 Å². The molecule has 7 nitrogen and oxygen atoms in total. The molecule has 1 N–H and O–H groups in total. The van der Waals surface area contributed by atoms with E-state index in [1.165, 1.54) is 17.1 Å². The first-order valence-corrected chi connectivity index (χ1v) is 8.79. The fourth-order valence-corrected chi connectivity index (χ4v) is 2.97. The molecule has 0 fully saturated rings. The van der Waals surface area contributed by atoms with Gasteiger partial charge in [-0.05, 0) is 35.9 Å². The van der Waals surface area contributed by atoms with E-state index in [0.717, 1.165) is 5.56 Å². The highest BCUT2D eigenvalue weighted by Crippen LogP contribution is 2.20. The maximum Gasteiger partial charge on any atom is 0.271 e. The molecule has 142 valence electrons. The summed E-state index contributed by atoms with van der Waals surface area (Å²) in [7, 11) is 0. The number of oxazole rings is 1. The summed E-state index contributed by atoms with van der Waals surface area (Å²) in [6.07, 6.45) is 0.449. The molecule has 0 unspecified atom stereocenters. The van der Waals surface area contributed by atoms with Gasteiger partial charge < -0.3 is 9.73 Å². The molecular weight excluding hydrogens is 363 g/mol. The van der Waals surface area contributed by atoms with E-state index in [-0.39, 0.29) is 42.7 Å². The summed E-state index contributed by atoms with van der Waals surface area (Å²) in [5.41, 5.74) is 2.84. The first-order valence-electron chi connectivity index (χ1n) is 8.79. The molecule has 28 heavy (non-hydrogen) atoms. The van der Waals surface area contributed by atoms with Gasteiger partial charge in [-0.3, -0.25) is 9.59 Å². The third-order valence-corrected chi connectivity index (χ3v) is 4.37. The Kier molecular flexibility index (Phi) is 4.60. The molecule has 0 radical (unpaired) electrons. The number of hydrogen-bond donors (Lipinski definition) is 1. The molecule has 2 heterocycles. The molecule has 2 amide bonds. The zero-order valence-electron chi connectivity index (χ0n) is 15.1. The van der Waals surface area contributed by atoms with Crippen LogP contribution in [-0.4, -0.2) is 27.5 Å². The van der Waals surface area contributed by atoms with Crippen LogP contribution in [0.25, 0.3) is 11.1 Å². The number of benzene rings is 2. The van der Waals surface area contributed by atoms with Gasteiger partial charge in [-0.25, -0.2) is 14.4 Å². The van der Waals surface area contributed by atoms with Crippen LogP contribution in [0.5, 0.6) is 0 Å². The molecule has 0 spiro atoms. The average Bonchev–Trinajstić information content (AvgIpc) is 3.04. The van der Waals surface area contributed by atoms with Gasteiger partial charge in [0, 0.05) is 25.5 Å². The van der Waals surface area contributed by atoms with Crippen molar-refractivity contribution >= 4 is 34.3 Å². The minimum atomic E-state index is -0.379. The van der Waals surface area contributed by atoms with E-state index in [1.807, 2.05) is 0 Å². The smallest absolute Gasteiger partial charge is 0.271 e. The SMILES string of the molecule is Cc1nc2cc(NC(=O)C3=NN(Cc4ccc(F)cc4)C(=O)CC3)ccc2o1. The first-order chi connectivity index (χ1) is 13.5. The van der Waals surface area contributed by atoms with Gasteiger partial charge in [0.2, 0.25) is 5.91 Å². The van der Waals surface area contributed by atoms with E-state index in [1.54, 1.807) is 37.3 Å². The lowest BCUT2D eigenvalue weighted by atomic mass is 10.1. The lowest BCUT2D eigenvalue weighted by molar-refractivity contribution is -0.132.